The van der Waals surface area contributed by atoms with Crippen LogP contribution in [0.3, 0.4) is 0 Å². The molecule has 28 heavy (non-hydrogen) atoms. The zero-order valence-corrected chi connectivity index (χ0v) is 16.3. The van der Waals surface area contributed by atoms with Crippen molar-refractivity contribution in [2.24, 2.45) is 5.10 Å². The molecule has 0 amide bonds. The van der Waals surface area contributed by atoms with E-state index in [0.29, 0.717) is 13.2 Å². The molecule has 0 atom stereocenters. The van der Waals surface area contributed by atoms with Crippen LogP contribution in [0.1, 0.15) is 11.1 Å². The largest absolute Gasteiger partial charge is 0.378 e. The normalized spacial score (nSPS) is 18.0. The zero-order chi connectivity index (χ0) is 19.2. The van der Waals surface area contributed by atoms with Crippen molar-refractivity contribution in [3.63, 3.8) is 0 Å². The van der Waals surface area contributed by atoms with E-state index in [0.717, 1.165) is 62.5 Å². The Hall–Kier alpha value is -2.55. The highest BCUT2D eigenvalue weighted by molar-refractivity contribution is 5.79. The SMILES string of the molecule is Cc1cccc(/C=N/[NH2+]c2cc(N3CCOCC3)nc(N3CCOCC3)n2)c1. The molecule has 2 N–H and O–H groups in total. The Morgan fingerprint density at radius 1 is 0.964 bits per heavy atom. The van der Waals surface area contributed by atoms with Crippen LogP contribution in [0.25, 0.3) is 0 Å². The van der Waals surface area contributed by atoms with Gasteiger partial charge in [-0.3, -0.25) is 0 Å². The van der Waals surface area contributed by atoms with Crippen molar-refractivity contribution in [1.29, 1.82) is 0 Å². The van der Waals surface area contributed by atoms with Crippen LogP contribution in [0.2, 0.25) is 0 Å². The highest BCUT2D eigenvalue weighted by atomic mass is 16.5. The van der Waals surface area contributed by atoms with Crippen molar-refractivity contribution >= 4 is 23.8 Å². The van der Waals surface area contributed by atoms with E-state index in [-0.39, 0.29) is 0 Å². The lowest BCUT2D eigenvalue weighted by atomic mass is 10.2. The zero-order valence-electron chi connectivity index (χ0n) is 16.3. The second kappa shape index (κ2) is 9.09. The van der Waals surface area contributed by atoms with E-state index in [4.69, 9.17) is 19.4 Å². The summed E-state index contributed by atoms with van der Waals surface area (Å²) in [5.41, 5.74) is 4.10. The highest BCUT2D eigenvalue weighted by Gasteiger charge is 2.20. The lowest BCUT2D eigenvalue weighted by Crippen LogP contribution is -2.71. The molecule has 0 spiro atoms. The average Bonchev–Trinajstić information content (AvgIpc) is 2.75. The number of aromatic nitrogens is 2. The van der Waals surface area contributed by atoms with E-state index in [1.54, 1.807) is 5.43 Å². The molecule has 8 heteroatoms. The first kappa shape index (κ1) is 18.8. The molecule has 2 aliphatic rings. The number of rotatable bonds is 5. The fourth-order valence-electron chi connectivity index (χ4n) is 3.32. The van der Waals surface area contributed by atoms with Crippen molar-refractivity contribution in [2.75, 3.05) is 62.4 Å². The van der Waals surface area contributed by atoms with E-state index in [1.807, 2.05) is 24.4 Å². The molecule has 1 aromatic heterocycles. The Balaban J connectivity index is 1.55. The molecular formula is C20H27N6O2+. The van der Waals surface area contributed by atoms with Crippen molar-refractivity contribution < 1.29 is 14.9 Å². The third-order valence-electron chi connectivity index (χ3n) is 4.82. The minimum atomic E-state index is 0.704. The smallest absolute Gasteiger partial charge is 0.257 e. The van der Waals surface area contributed by atoms with Gasteiger partial charge in [0.25, 0.3) is 5.82 Å². The van der Waals surface area contributed by atoms with Gasteiger partial charge in [-0.15, -0.1) is 0 Å². The van der Waals surface area contributed by atoms with Crippen LogP contribution >= 0.6 is 0 Å². The van der Waals surface area contributed by atoms with Crippen LogP contribution in [0.15, 0.2) is 35.4 Å². The second-order valence-electron chi connectivity index (χ2n) is 6.97. The summed E-state index contributed by atoms with van der Waals surface area (Å²) >= 11 is 0. The number of hydrogen-bond donors (Lipinski definition) is 1. The Bertz CT molecular complexity index is 780. The Labute approximate surface area is 165 Å². The molecule has 3 heterocycles. The lowest BCUT2D eigenvalue weighted by molar-refractivity contribution is -0.580. The summed E-state index contributed by atoms with van der Waals surface area (Å²) in [4.78, 5) is 14.0. The summed E-state index contributed by atoms with van der Waals surface area (Å²) in [5, 5.41) is 4.50. The number of morpholine rings is 2. The summed E-state index contributed by atoms with van der Waals surface area (Å²) in [6.07, 6.45) is 1.86. The van der Waals surface area contributed by atoms with Gasteiger partial charge in [0.05, 0.1) is 38.7 Å². The Morgan fingerprint density at radius 2 is 1.68 bits per heavy atom. The van der Waals surface area contributed by atoms with Crippen molar-refractivity contribution in [3.8, 4) is 0 Å². The number of nitrogens with two attached hydrogens (primary N) is 1. The molecule has 1 aromatic carbocycles. The maximum Gasteiger partial charge on any atom is 0.257 e. The molecule has 0 aliphatic carbocycles. The third-order valence-corrected chi connectivity index (χ3v) is 4.82. The van der Waals surface area contributed by atoms with E-state index < -0.39 is 0 Å². The van der Waals surface area contributed by atoms with E-state index in [1.165, 1.54) is 5.56 Å². The van der Waals surface area contributed by atoms with Crippen LogP contribution in [-0.4, -0.2) is 68.8 Å². The Morgan fingerprint density at radius 3 is 2.39 bits per heavy atom. The Kier molecular flexibility index (Phi) is 6.11. The van der Waals surface area contributed by atoms with Gasteiger partial charge >= 0.3 is 0 Å². The summed E-state index contributed by atoms with van der Waals surface area (Å²) in [6, 6.07) is 10.3. The maximum absolute atomic E-state index is 5.48. The number of benzene rings is 1. The molecule has 8 nitrogen and oxygen atoms in total. The third kappa shape index (κ3) is 4.83. The molecule has 0 saturated carbocycles. The molecule has 148 valence electrons. The van der Waals surface area contributed by atoms with Crippen LogP contribution in [0.4, 0.5) is 17.6 Å². The van der Waals surface area contributed by atoms with Crippen molar-refractivity contribution in [2.45, 2.75) is 6.92 Å². The van der Waals surface area contributed by atoms with Gasteiger partial charge in [0, 0.05) is 26.2 Å². The van der Waals surface area contributed by atoms with Gasteiger partial charge in [0.1, 0.15) is 5.82 Å². The molecular weight excluding hydrogens is 356 g/mol. The maximum atomic E-state index is 5.48. The lowest BCUT2D eigenvalue weighted by Gasteiger charge is -2.30. The van der Waals surface area contributed by atoms with Crippen LogP contribution in [-0.2, 0) is 9.47 Å². The number of nitrogens with zero attached hydrogens (tertiary/aromatic N) is 5. The van der Waals surface area contributed by atoms with Gasteiger partial charge in [-0.05, 0) is 12.5 Å². The van der Waals surface area contributed by atoms with Crippen molar-refractivity contribution in [3.05, 3.63) is 41.5 Å². The summed E-state index contributed by atoms with van der Waals surface area (Å²) in [6.45, 7) is 8.22. The fraction of sp³-hybridized carbons (Fsp3) is 0.450. The predicted molar refractivity (Wildman–Crippen MR) is 108 cm³/mol. The molecule has 2 fully saturated rings. The summed E-state index contributed by atoms with van der Waals surface area (Å²) in [7, 11) is 0. The summed E-state index contributed by atoms with van der Waals surface area (Å²) in [5.74, 6) is 2.47. The number of ether oxygens (including phenoxy) is 2. The van der Waals surface area contributed by atoms with Gasteiger partial charge in [-0.25, -0.2) is 0 Å². The van der Waals surface area contributed by atoms with Crippen LogP contribution < -0.4 is 15.2 Å². The van der Waals surface area contributed by atoms with E-state index in [9.17, 15) is 0 Å². The summed E-state index contributed by atoms with van der Waals surface area (Å²) < 4.78 is 10.9. The predicted octanol–water partition coefficient (Wildman–Crippen LogP) is 0.687. The van der Waals surface area contributed by atoms with Gasteiger partial charge in [0.2, 0.25) is 5.95 Å². The van der Waals surface area contributed by atoms with Crippen LogP contribution in [0, 0.1) is 6.92 Å². The van der Waals surface area contributed by atoms with E-state index >= 15 is 0 Å². The topological polar surface area (TPSA) is 79.7 Å². The first-order valence-electron chi connectivity index (χ1n) is 9.75. The number of aryl methyl sites for hydroxylation is 1. The minimum absolute atomic E-state index is 0.704. The minimum Gasteiger partial charge on any atom is -0.378 e. The van der Waals surface area contributed by atoms with Crippen molar-refractivity contribution in [1.82, 2.24) is 9.97 Å². The number of hydrogen-bond acceptors (Lipinski definition) is 7. The van der Waals surface area contributed by atoms with Crippen LogP contribution in [0.5, 0.6) is 0 Å². The first-order chi connectivity index (χ1) is 13.8. The molecule has 0 unspecified atom stereocenters. The van der Waals surface area contributed by atoms with Gasteiger partial charge in [-0.2, -0.15) is 15.4 Å². The molecule has 2 aromatic rings. The molecule has 2 saturated heterocycles. The standard InChI is InChI=1S/C20H26N6O2/c1-16-3-2-4-17(13-16)15-21-24-18-14-19(25-5-9-27-10-6-25)23-20(22-18)26-7-11-28-12-8-26/h2-4,13-15H,5-12H2,1H3,(H,22,23,24)/p+1/b21-15+. The first-order valence-corrected chi connectivity index (χ1v) is 9.75. The highest BCUT2D eigenvalue weighted by Crippen LogP contribution is 2.20. The molecule has 0 radical (unpaired) electrons. The quantitative estimate of drug-likeness (QED) is 0.465. The molecule has 4 rings (SSSR count). The second-order valence-corrected chi connectivity index (χ2v) is 6.97. The fourth-order valence-corrected chi connectivity index (χ4v) is 3.32. The monoisotopic (exact) mass is 383 g/mol. The molecule has 2 aliphatic heterocycles. The van der Waals surface area contributed by atoms with Gasteiger partial charge < -0.3 is 19.3 Å². The number of anilines is 2. The molecule has 0 bridgehead atoms. The van der Waals surface area contributed by atoms with Gasteiger partial charge in [-0.1, -0.05) is 34.9 Å². The van der Waals surface area contributed by atoms with Gasteiger partial charge in [0.15, 0.2) is 0 Å². The van der Waals surface area contributed by atoms with E-state index in [2.05, 4.69) is 34.0 Å². The number of quaternary nitrogens is 1. The average molecular weight is 383 g/mol.